The minimum Gasteiger partial charge on any atom is -0.399 e. The number of carbonyl (C=O) groups is 1. The van der Waals surface area contributed by atoms with Crippen LogP contribution in [0.4, 0.5) is 11.4 Å². The first kappa shape index (κ1) is 15.0. The number of aromatic nitrogens is 1. The monoisotopic (exact) mass is 285 g/mol. The van der Waals surface area contributed by atoms with Crippen LogP contribution in [0.2, 0.25) is 0 Å². The van der Waals surface area contributed by atoms with Crippen molar-refractivity contribution in [2.24, 2.45) is 0 Å². The van der Waals surface area contributed by atoms with Crippen LogP contribution in [0.1, 0.15) is 5.69 Å². The first-order chi connectivity index (χ1) is 10.2. The molecule has 21 heavy (non-hydrogen) atoms. The average Bonchev–Trinajstić information content (AvgIpc) is 2.52. The van der Waals surface area contributed by atoms with Crippen LogP contribution >= 0.6 is 0 Å². The number of amides is 1. The summed E-state index contributed by atoms with van der Waals surface area (Å²) in [5.74, 6) is -0.0965. The van der Waals surface area contributed by atoms with Gasteiger partial charge in [0.2, 0.25) is 0 Å². The van der Waals surface area contributed by atoms with Crippen molar-refractivity contribution in [3.8, 4) is 0 Å². The zero-order chi connectivity index (χ0) is 15.1. The van der Waals surface area contributed by atoms with Gasteiger partial charge in [0, 0.05) is 36.7 Å². The molecule has 0 fully saturated rings. The number of hydrogen-bond donors (Lipinski definition) is 1. The fraction of sp³-hybridized carbons (Fsp3) is 0.250. The Labute approximate surface area is 124 Å². The van der Waals surface area contributed by atoms with E-state index >= 15 is 0 Å². The minimum absolute atomic E-state index is 0.0493. The Morgan fingerprint density at radius 3 is 2.67 bits per heavy atom. The lowest BCUT2D eigenvalue weighted by molar-refractivity contribution is -0.122. The second-order valence-electron chi connectivity index (χ2n) is 4.67. The summed E-state index contributed by atoms with van der Waals surface area (Å²) >= 11 is 0. The van der Waals surface area contributed by atoms with Crippen molar-refractivity contribution >= 4 is 17.3 Å². The Kier molecular flexibility index (Phi) is 5.29. The number of nitrogen functional groups attached to an aromatic ring is 1. The number of carbonyl (C=O) groups excluding carboxylic acids is 1. The molecule has 0 bridgehead atoms. The molecule has 0 atom stereocenters. The largest absolute Gasteiger partial charge is 0.399 e. The summed E-state index contributed by atoms with van der Waals surface area (Å²) in [5.41, 5.74) is 8.04. The molecule has 0 radical (unpaired) electrons. The van der Waals surface area contributed by atoms with Crippen molar-refractivity contribution in [1.29, 1.82) is 0 Å². The molecule has 0 spiro atoms. The molecule has 2 N–H and O–H groups in total. The van der Waals surface area contributed by atoms with Gasteiger partial charge < -0.3 is 15.4 Å². The quantitative estimate of drug-likeness (QED) is 0.650. The molecule has 0 aliphatic carbocycles. The number of ether oxygens (including phenoxy) is 1. The molecule has 0 saturated heterocycles. The normalized spacial score (nSPS) is 10.3. The highest BCUT2D eigenvalue weighted by Gasteiger charge is 2.10. The molecule has 5 heteroatoms. The van der Waals surface area contributed by atoms with Gasteiger partial charge in [-0.3, -0.25) is 9.78 Å². The van der Waals surface area contributed by atoms with Crippen LogP contribution in [0.3, 0.4) is 0 Å². The van der Waals surface area contributed by atoms with E-state index in [4.69, 9.17) is 10.5 Å². The molecule has 1 aromatic heterocycles. The number of nitrogens with two attached hydrogens (primary N) is 1. The second-order valence-corrected chi connectivity index (χ2v) is 4.67. The second kappa shape index (κ2) is 7.40. The molecule has 5 nitrogen and oxygen atoms in total. The number of pyridine rings is 1. The van der Waals surface area contributed by atoms with E-state index in [9.17, 15) is 4.79 Å². The van der Waals surface area contributed by atoms with E-state index in [2.05, 4.69) is 4.98 Å². The molecular weight excluding hydrogens is 266 g/mol. The van der Waals surface area contributed by atoms with Gasteiger partial charge in [-0.15, -0.1) is 0 Å². The molecule has 2 aromatic rings. The Hall–Kier alpha value is -2.40. The van der Waals surface area contributed by atoms with Crippen molar-refractivity contribution in [3.05, 3.63) is 54.4 Å². The van der Waals surface area contributed by atoms with Gasteiger partial charge in [0.05, 0.1) is 6.61 Å². The zero-order valence-corrected chi connectivity index (χ0v) is 12.0. The Bertz CT molecular complexity index is 570. The van der Waals surface area contributed by atoms with Gasteiger partial charge in [-0.05, 0) is 36.4 Å². The molecule has 0 saturated carbocycles. The number of nitrogens with zero attached hydrogens (tertiary/aromatic N) is 2. The summed E-state index contributed by atoms with van der Waals surface area (Å²) in [4.78, 5) is 17.7. The molecule has 2 rings (SSSR count). The predicted octanol–water partition coefficient (Wildman–Crippen LogP) is 1.89. The van der Waals surface area contributed by atoms with Gasteiger partial charge in [0.1, 0.15) is 6.61 Å². The Balaban J connectivity index is 1.75. The lowest BCUT2D eigenvalue weighted by Gasteiger charge is -2.17. The summed E-state index contributed by atoms with van der Waals surface area (Å²) in [6, 6.07) is 12.9. The van der Waals surface area contributed by atoms with Gasteiger partial charge in [-0.1, -0.05) is 6.07 Å². The van der Waals surface area contributed by atoms with Crippen LogP contribution in [0, 0.1) is 0 Å². The highest BCUT2D eigenvalue weighted by molar-refractivity contribution is 5.93. The summed E-state index contributed by atoms with van der Waals surface area (Å²) in [6.07, 6.45) is 2.44. The van der Waals surface area contributed by atoms with Gasteiger partial charge in [0.15, 0.2) is 0 Å². The number of anilines is 2. The third-order valence-electron chi connectivity index (χ3n) is 3.11. The minimum atomic E-state index is -0.0965. The molecule has 110 valence electrons. The topological polar surface area (TPSA) is 68.5 Å². The van der Waals surface area contributed by atoms with Crippen LogP contribution < -0.4 is 10.6 Å². The summed E-state index contributed by atoms with van der Waals surface area (Å²) in [7, 11) is 1.72. The van der Waals surface area contributed by atoms with Crippen molar-refractivity contribution in [2.45, 2.75) is 6.42 Å². The molecule has 1 amide bonds. The average molecular weight is 285 g/mol. The first-order valence-electron chi connectivity index (χ1n) is 6.76. The van der Waals surface area contributed by atoms with E-state index in [1.807, 2.05) is 18.2 Å². The maximum Gasteiger partial charge on any atom is 0.252 e. The van der Waals surface area contributed by atoms with Gasteiger partial charge in [-0.2, -0.15) is 0 Å². The van der Waals surface area contributed by atoms with E-state index in [-0.39, 0.29) is 12.5 Å². The molecule has 0 aliphatic heterocycles. The van der Waals surface area contributed by atoms with Crippen LogP contribution in [-0.2, 0) is 16.0 Å². The molecule has 0 aliphatic rings. The third-order valence-corrected chi connectivity index (χ3v) is 3.11. The van der Waals surface area contributed by atoms with Crippen LogP contribution in [0.5, 0.6) is 0 Å². The number of benzene rings is 1. The van der Waals surface area contributed by atoms with Crippen molar-refractivity contribution in [1.82, 2.24) is 4.98 Å². The lowest BCUT2D eigenvalue weighted by atomic mass is 10.2. The lowest BCUT2D eigenvalue weighted by Crippen LogP contribution is -2.30. The molecule has 0 unspecified atom stereocenters. The first-order valence-corrected chi connectivity index (χ1v) is 6.76. The third kappa shape index (κ3) is 4.57. The smallest absolute Gasteiger partial charge is 0.252 e. The fourth-order valence-corrected chi connectivity index (χ4v) is 1.82. The molecular formula is C16H19N3O2. The number of rotatable bonds is 6. The van der Waals surface area contributed by atoms with Crippen molar-refractivity contribution < 1.29 is 9.53 Å². The van der Waals surface area contributed by atoms with Crippen molar-refractivity contribution in [3.63, 3.8) is 0 Å². The zero-order valence-electron chi connectivity index (χ0n) is 12.0. The van der Waals surface area contributed by atoms with E-state index in [1.54, 1.807) is 42.4 Å². The standard InChI is InChI=1S/C16H19N3O2/c1-19(15-7-5-13(17)6-8-15)16(20)12-21-11-9-14-4-2-3-10-18-14/h2-8,10H,9,11-12,17H2,1H3. The number of hydrogen-bond acceptors (Lipinski definition) is 4. The molecule has 1 heterocycles. The Morgan fingerprint density at radius 2 is 2.00 bits per heavy atom. The van der Waals surface area contributed by atoms with Crippen LogP contribution in [0.15, 0.2) is 48.7 Å². The molecule has 1 aromatic carbocycles. The van der Waals surface area contributed by atoms with Gasteiger partial charge in [-0.25, -0.2) is 0 Å². The maximum absolute atomic E-state index is 12.0. The Morgan fingerprint density at radius 1 is 1.24 bits per heavy atom. The number of likely N-dealkylation sites (N-methyl/N-ethyl adjacent to an activating group) is 1. The SMILES string of the molecule is CN(C(=O)COCCc1ccccn1)c1ccc(N)cc1. The fourth-order valence-electron chi connectivity index (χ4n) is 1.82. The summed E-state index contributed by atoms with van der Waals surface area (Å²) in [5, 5.41) is 0. The van der Waals surface area contributed by atoms with Crippen molar-refractivity contribution in [2.75, 3.05) is 30.9 Å². The summed E-state index contributed by atoms with van der Waals surface area (Å²) in [6.45, 7) is 0.520. The van der Waals surface area contributed by atoms with E-state index in [0.29, 0.717) is 18.7 Å². The summed E-state index contributed by atoms with van der Waals surface area (Å²) < 4.78 is 5.41. The van der Waals surface area contributed by atoms with E-state index in [0.717, 1.165) is 11.4 Å². The van der Waals surface area contributed by atoms with Crippen LogP contribution in [-0.4, -0.2) is 31.2 Å². The van der Waals surface area contributed by atoms with Gasteiger partial charge in [0.25, 0.3) is 5.91 Å². The van der Waals surface area contributed by atoms with Gasteiger partial charge >= 0.3 is 0 Å². The van der Waals surface area contributed by atoms with E-state index < -0.39 is 0 Å². The highest BCUT2D eigenvalue weighted by atomic mass is 16.5. The predicted molar refractivity (Wildman–Crippen MR) is 83.0 cm³/mol. The maximum atomic E-state index is 12.0. The van der Waals surface area contributed by atoms with Crippen LogP contribution in [0.25, 0.3) is 0 Å². The van der Waals surface area contributed by atoms with E-state index in [1.165, 1.54) is 0 Å². The highest BCUT2D eigenvalue weighted by Crippen LogP contribution is 2.14.